The third-order valence-electron chi connectivity index (χ3n) is 3.82. The van der Waals surface area contributed by atoms with Crippen molar-refractivity contribution >= 4 is 23.2 Å². The SMILES string of the molecule is C[P+](c1ccccc1)(c1ccccc1)c1ccccc1.N. The molecule has 1 nitrogen and oxygen atoms in total. The lowest BCUT2D eigenvalue weighted by Crippen LogP contribution is -2.30. The lowest BCUT2D eigenvalue weighted by molar-refractivity contribution is 1.72. The topological polar surface area (TPSA) is 35.0 Å². The van der Waals surface area contributed by atoms with Gasteiger partial charge in [-0.15, -0.1) is 0 Å². The van der Waals surface area contributed by atoms with Gasteiger partial charge in [-0.25, -0.2) is 0 Å². The minimum atomic E-state index is -1.53. The Morgan fingerprint density at radius 2 is 0.714 bits per heavy atom. The van der Waals surface area contributed by atoms with Gasteiger partial charge in [-0.2, -0.15) is 0 Å². The zero-order valence-corrected chi connectivity index (χ0v) is 13.2. The van der Waals surface area contributed by atoms with Gasteiger partial charge in [0, 0.05) is 0 Å². The summed E-state index contributed by atoms with van der Waals surface area (Å²) in [7, 11) is -1.53. The van der Waals surface area contributed by atoms with Crippen LogP contribution in [0.3, 0.4) is 0 Å². The molecule has 0 saturated carbocycles. The van der Waals surface area contributed by atoms with Gasteiger partial charge in [-0.3, -0.25) is 0 Å². The van der Waals surface area contributed by atoms with Crippen molar-refractivity contribution in [1.82, 2.24) is 6.15 Å². The molecule has 3 aromatic rings. The summed E-state index contributed by atoms with van der Waals surface area (Å²) in [6, 6.07) is 32.6. The summed E-state index contributed by atoms with van der Waals surface area (Å²) < 4.78 is 0. The summed E-state index contributed by atoms with van der Waals surface area (Å²) in [4.78, 5) is 0. The van der Waals surface area contributed by atoms with Crippen LogP contribution in [-0.2, 0) is 0 Å². The molecule has 2 heteroatoms. The molecular weight excluding hydrogens is 273 g/mol. The molecule has 21 heavy (non-hydrogen) atoms. The number of hydrogen-bond acceptors (Lipinski definition) is 1. The van der Waals surface area contributed by atoms with Crippen molar-refractivity contribution in [2.24, 2.45) is 0 Å². The molecule has 3 N–H and O–H groups in total. The fourth-order valence-electron chi connectivity index (χ4n) is 2.63. The molecule has 0 aliphatic rings. The van der Waals surface area contributed by atoms with Crippen LogP contribution in [0.4, 0.5) is 0 Å². The van der Waals surface area contributed by atoms with Crippen LogP contribution >= 0.6 is 7.26 Å². The molecule has 0 unspecified atom stereocenters. The van der Waals surface area contributed by atoms with E-state index >= 15 is 0 Å². The number of rotatable bonds is 3. The molecule has 3 rings (SSSR count). The van der Waals surface area contributed by atoms with Crippen molar-refractivity contribution < 1.29 is 0 Å². The number of hydrogen-bond donors (Lipinski definition) is 1. The first-order valence-corrected chi connectivity index (χ1v) is 9.09. The quantitative estimate of drug-likeness (QED) is 0.733. The minimum absolute atomic E-state index is 0. The molecule has 0 radical (unpaired) electrons. The van der Waals surface area contributed by atoms with E-state index in [1.54, 1.807) is 0 Å². The Morgan fingerprint density at radius 1 is 0.476 bits per heavy atom. The van der Waals surface area contributed by atoms with E-state index in [0.29, 0.717) is 0 Å². The van der Waals surface area contributed by atoms with Crippen molar-refractivity contribution in [1.29, 1.82) is 0 Å². The van der Waals surface area contributed by atoms with E-state index in [-0.39, 0.29) is 6.15 Å². The maximum atomic E-state index is 2.41. The van der Waals surface area contributed by atoms with E-state index in [2.05, 4.69) is 97.7 Å². The smallest absolute Gasteiger partial charge is 0.109 e. The summed E-state index contributed by atoms with van der Waals surface area (Å²) in [6.07, 6.45) is 0. The second-order valence-electron chi connectivity index (χ2n) is 5.01. The predicted octanol–water partition coefficient (Wildman–Crippen LogP) is 3.77. The molecule has 0 fully saturated rings. The summed E-state index contributed by atoms with van der Waals surface area (Å²) >= 11 is 0. The fraction of sp³-hybridized carbons (Fsp3) is 0.0526. The standard InChI is InChI=1S/C19H18P.H3N/c1-20(17-11-5-2-6-12-17,18-13-7-3-8-14-18)19-15-9-4-10-16-19;/h2-16H,1H3;1H3/q+1;. The Kier molecular flexibility index (Phi) is 4.90. The van der Waals surface area contributed by atoms with Gasteiger partial charge in [0.25, 0.3) is 0 Å². The molecule has 0 heterocycles. The lowest BCUT2D eigenvalue weighted by atomic mass is 10.4. The Bertz CT molecular complexity index is 569. The maximum absolute atomic E-state index is 2.41. The molecular formula is C19H21NP+. The van der Waals surface area contributed by atoms with Crippen LogP contribution in [0.2, 0.25) is 0 Å². The van der Waals surface area contributed by atoms with Crippen molar-refractivity contribution in [2.75, 3.05) is 6.66 Å². The van der Waals surface area contributed by atoms with E-state index in [1.165, 1.54) is 15.9 Å². The van der Waals surface area contributed by atoms with E-state index in [4.69, 9.17) is 0 Å². The van der Waals surface area contributed by atoms with Crippen LogP contribution in [0.1, 0.15) is 0 Å². The molecule has 0 amide bonds. The normalized spacial score (nSPS) is 10.7. The van der Waals surface area contributed by atoms with Gasteiger partial charge in [-0.05, 0) is 36.4 Å². The summed E-state index contributed by atoms with van der Waals surface area (Å²) in [5.74, 6) is 0. The van der Waals surface area contributed by atoms with Crippen LogP contribution in [0.5, 0.6) is 0 Å². The highest BCUT2D eigenvalue weighted by molar-refractivity contribution is 7.95. The predicted molar refractivity (Wildman–Crippen MR) is 96.1 cm³/mol. The van der Waals surface area contributed by atoms with Crippen LogP contribution in [0.25, 0.3) is 0 Å². The van der Waals surface area contributed by atoms with Gasteiger partial charge >= 0.3 is 0 Å². The van der Waals surface area contributed by atoms with Gasteiger partial charge in [0.15, 0.2) is 0 Å². The first kappa shape index (κ1) is 15.4. The van der Waals surface area contributed by atoms with E-state index in [9.17, 15) is 0 Å². The average molecular weight is 294 g/mol. The third kappa shape index (κ3) is 2.90. The number of benzene rings is 3. The van der Waals surface area contributed by atoms with Gasteiger partial charge in [0.1, 0.15) is 23.2 Å². The lowest BCUT2D eigenvalue weighted by Gasteiger charge is -2.22. The molecule has 0 atom stereocenters. The highest BCUT2D eigenvalue weighted by atomic mass is 31.2. The molecule has 0 bridgehead atoms. The summed E-state index contributed by atoms with van der Waals surface area (Å²) in [5, 5.41) is 4.28. The Labute approximate surface area is 127 Å². The first-order chi connectivity index (χ1) is 9.82. The summed E-state index contributed by atoms with van der Waals surface area (Å²) in [5.41, 5.74) is 0. The van der Waals surface area contributed by atoms with Crippen LogP contribution in [0, 0.1) is 0 Å². The van der Waals surface area contributed by atoms with Crippen LogP contribution in [0.15, 0.2) is 91.0 Å². The third-order valence-corrected chi connectivity index (χ3v) is 7.81. The molecule has 0 saturated heterocycles. The Balaban J connectivity index is 0.00000161. The zero-order chi connectivity index (χ0) is 13.8. The fourth-order valence-corrected chi connectivity index (χ4v) is 5.83. The molecule has 0 spiro atoms. The Hall–Kier alpha value is -1.95. The van der Waals surface area contributed by atoms with E-state index in [1.807, 2.05) is 0 Å². The van der Waals surface area contributed by atoms with Crippen LogP contribution in [-0.4, -0.2) is 6.66 Å². The van der Waals surface area contributed by atoms with Gasteiger partial charge < -0.3 is 6.15 Å². The zero-order valence-electron chi connectivity index (χ0n) is 12.3. The highest BCUT2D eigenvalue weighted by Crippen LogP contribution is 2.51. The molecule has 3 aromatic carbocycles. The molecule has 106 valence electrons. The van der Waals surface area contributed by atoms with Gasteiger partial charge in [0.05, 0.1) is 6.66 Å². The molecule has 0 aliphatic carbocycles. The van der Waals surface area contributed by atoms with Crippen molar-refractivity contribution in [3.8, 4) is 0 Å². The molecule has 0 aromatic heterocycles. The summed E-state index contributed by atoms with van der Waals surface area (Å²) in [6.45, 7) is 2.41. The van der Waals surface area contributed by atoms with Crippen molar-refractivity contribution in [3.63, 3.8) is 0 Å². The van der Waals surface area contributed by atoms with Gasteiger partial charge in [0.2, 0.25) is 0 Å². The van der Waals surface area contributed by atoms with E-state index < -0.39 is 7.26 Å². The molecule has 0 aliphatic heterocycles. The van der Waals surface area contributed by atoms with Crippen LogP contribution < -0.4 is 22.1 Å². The first-order valence-electron chi connectivity index (χ1n) is 6.85. The van der Waals surface area contributed by atoms with Crippen molar-refractivity contribution in [2.45, 2.75) is 0 Å². The Morgan fingerprint density at radius 3 is 0.952 bits per heavy atom. The maximum Gasteiger partial charge on any atom is 0.109 e. The van der Waals surface area contributed by atoms with Gasteiger partial charge in [-0.1, -0.05) is 54.6 Å². The van der Waals surface area contributed by atoms with E-state index in [0.717, 1.165) is 0 Å². The second kappa shape index (κ2) is 6.67. The highest BCUT2D eigenvalue weighted by Gasteiger charge is 2.39. The monoisotopic (exact) mass is 294 g/mol. The second-order valence-corrected chi connectivity index (χ2v) is 8.57. The largest absolute Gasteiger partial charge is 0.344 e. The average Bonchev–Trinajstić information content (AvgIpc) is 2.56. The minimum Gasteiger partial charge on any atom is -0.344 e. The van der Waals surface area contributed by atoms with Crippen molar-refractivity contribution in [3.05, 3.63) is 91.0 Å².